The van der Waals surface area contributed by atoms with Crippen LogP contribution in [-0.4, -0.2) is 65.9 Å². The molecule has 0 radical (unpaired) electrons. The van der Waals surface area contributed by atoms with E-state index in [1.165, 1.54) is 23.6 Å². The average molecular weight is 1030 g/mol. The van der Waals surface area contributed by atoms with Gasteiger partial charge >= 0.3 is 18.4 Å². The fourth-order valence-corrected chi connectivity index (χ4v) is 9.82. The summed E-state index contributed by atoms with van der Waals surface area (Å²) in [6, 6.07) is 29.0. The molecule has 0 unspecified atom stereocenters. The third-order valence-corrected chi connectivity index (χ3v) is 13.7. The lowest BCUT2D eigenvalue weighted by atomic mass is 9.99. The minimum absolute atomic E-state index is 0.112. The fraction of sp³-hybridized carbons (Fsp3) is 0.268. The Bertz CT molecular complexity index is 3110. The molecule has 1 saturated heterocycles. The Morgan fingerprint density at radius 2 is 1.70 bits per heavy atom. The van der Waals surface area contributed by atoms with Crippen molar-refractivity contribution in [2.24, 2.45) is 4.99 Å². The standard InChI is InChI=1S/C56H53F5N8O4S/c1-37-30-41(50-11-7-29-74-50)34-64-56(60,61)69-44(21-22-45(69)31-37)20-15-38-16-23-47(24-17-38)73-36-52(71)62-27-4-2-3-12-51(70)63-33-39-13-18-43(19-14-39)65-54(72)68-46-10-6-28-67(35-46)49-26-25-48(66-53(49)68)40-8-5-9-42(32-40)55(57,58)59/h5,7-9,11,13-26,29-32,34,46H,2-4,6,10,12,27-28,33,35-36H2,1H3,(H,62,71)(H,63,70)(H,65,72)/b20-15+,37-31+,41-30+,64-34+/t46-/m0/s1. The van der Waals surface area contributed by atoms with Gasteiger partial charge in [0, 0.05) is 71.9 Å². The largest absolute Gasteiger partial charge is 0.484 e. The van der Waals surface area contributed by atoms with Crippen LogP contribution in [0.2, 0.25) is 0 Å². The molecule has 6 aromatic rings. The first-order valence-electron chi connectivity index (χ1n) is 24.3. The van der Waals surface area contributed by atoms with Crippen LogP contribution in [0.3, 0.4) is 0 Å². The van der Waals surface area contributed by atoms with Crippen LogP contribution in [0.4, 0.5) is 43.9 Å². The van der Waals surface area contributed by atoms with Crippen LogP contribution in [-0.2, 0) is 28.5 Å². The van der Waals surface area contributed by atoms with Crippen molar-refractivity contribution in [1.82, 2.24) is 20.2 Å². The van der Waals surface area contributed by atoms with Gasteiger partial charge in [-0.1, -0.05) is 55.0 Å². The second-order valence-electron chi connectivity index (χ2n) is 18.2. The fourth-order valence-electron chi connectivity index (χ4n) is 9.11. The number of nitrogens with one attached hydrogen (secondary N) is 3. The molecule has 3 N–H and O–H groups in total. The number of rotatable bonds is 16. The quantitative estimate of drug-likeness (QED) is 0.0502. The third kappa shape index (κ3) is 12.5. The Hall–Kier alpha value is -7.86. The van der Waals surface area contributed by atoms with Crippen molar-refractivity contribution in [3.8, 4) is 17.0 Å². The predicted molar refractivity (Wildman–Crippen MR) is 281 cm³/mol. The lowest BCUT2D eigenvalue weighted by Gasteiger charge is -2.45. The molecule has 1 atom stereocenters. The lowest BCUT2D eigenvalue weighted by molar-refractivity contribution is -0.137. The van der Waals surface area contributed by atoms with E-state index in [1.54, 1.807) is 83.8 Å². The first-order chi connectivity index (χ1) is 35.7. The predicted octanol–water partition coefficient (Wildman–Crippen LogP) is 12.3. The molecule has 3 aliphatic heterocycles. The zero-order valence-electron chi connectivity index (χ0n) is 40.4. The Morgan fingerprint density at radius 3 is 2.49 bits per heavy atom. The van der Waals surface area contributed by atoms with Crippen LogP contribution < -0.4 is 30.5 Å². The number of halogens is 5. The molecule has 3 aromatic carbocycles. The van der Waals surface area contributed by atoms with Gasteiger partial charge in [0.05, 0.1) is 23.0 Å². The first kappa shape index (κ1) is 51.1. The van der Waals surface area contributed by atoms with E-state index in [-0.39, 0.29) is 30.2 Å². The second-order valence-corrected chi connectivity index (χ2v) is 19.2. The second kappa shape index (κ2) is 22.5. The van der Waals surface area contributed by atoms with Gasteiger partial charge in [-0.05, 0) is 140 Å². The summed E-state index contributed by atoms with van der Waals surface area (Å²) in [6.45, 7) is 3.81. The topological polar surface area (TPSA) is 133 Å². The van der Waals surface area contributed by atoms with E-state index < -0.39 is 23.9 Å². The first-order valence-corrected chi connectivity index (χ1v) is 25.2. The van der Waals surface area contributed by atoms with Gasteiger partial charge in [0.15, 0.2) is 12.4 Å². The summed E-state index contributed by atoms with van der Waals surface area (Å²) in [6.07, 6.45) is 4.05. The molecule has 4 amide bonds. The van der Waals surface area contributed by atoms with Crippen molar-refractivity contribution < 1.29 is 41.1 Å². The number of ether oxygens (including phenoxy) is 1. The number of amides is 4. The lowest BCUT2D eigenvalue weighted by Crippen LogP contribution is -2.56. The summed E-state index contributed by atoms with van der Waals surface area (Å²) in [4.78, 5) is 52.1. The zero-order chi connectivity index (χ0) is 51.8. The van der Waals surface area contributed by atoms with Crippen LogP contribution in [0.1, 0.15) is 78.4 Å². The van der Waals surface area contributed by atoms with Crippen molar-refractivity contribution >= 4 is 76.4 Å². The number of piperidine rings is 1. The molecule has 18 heteroatoms. The smallest absolute Gasteiger partial charge is 0.435 e. The van der Waals surface area contributed by atoms with E-state index in [2.05, 4.69) is 25.8 Å². The number of benzene rings is 3. The third-order valence-electron chi connectivity index (χ3n) is 12.8. The summed E-state index contributed by atoms with van der Waals surface area (Å²) in [5.41, 5.74) is 4.75. The molecule has 12 nitrogen and oxygen atoms in total. The maximum absolute atomic E-state index is 15.6. The molecule has 9 rings (SSSR count). The summed E-state index contributed by atoms with van der Waals surface area (Å²) in [5, 5.41) is 10.6. The minimum atomic E-state index is -4.50. The molecule has 382 valence electrons. The number of hydrogen-bond donors (Lipinski definition) is 3. The van der Waals surface area contributed by atoms with E-state index in [9.17, 15) is 27.6 Å². The monoisotopic (exact) mass is 1030 g/mol. The normalized spacial score (nSPS) is 17.8. The summed E-state index contributed by atoms with van der Waals surface area (Å²) in [7, 11) is 0. The van der Waals surface area contributed by atoms with Gasteiger partial charge in [-0.3, -0.25) is 19.1 Å². The summed E-state index contributed by atoms with van der Waals surface area (Å²) in [5.74, 6) is 0.471. The van der Waals surface area contributed by atoms with Crippen molar-refractivity contribution in [3.05, 3.63) is 159 Å². The van der Waals surface area contributed by atoms with E-state index in [0.29, 0.717) is 78.7 Å². The van der Waals surface area contributed by atoms with E-state index in [1.807, 2.05) is 48.7 Å². The van der Waals surface area contributed by atoms with E-state index in [4.69, 9.17) is 9.72 Å². The highest BCUT2D eigenvalue weighted by molar-refractivity contribution is 7.11. The maximum atomic E-state index is 15.6. The number of thiophene rings is 1. The number of allylic oxidation sites excluding steroid dienone is 3. The van der Waals surface area contributed by atoms with Gasteiger partial charge in [0.2, 0.25) is 5.91 Å². The number of aromatic nitrogens is 2. The van der Waals surface area contributed by atoms with Gasteiger partial charge in [-0.25, -0.2) is 14.8 Å². The molecule has 0 spiro atoms. The number of aliphatic imine (C=N–C) groups is 1. The number of hydrogen-bond acceptors (Lipinski definition) is 8. The number of anilines is 3. The molecule has 0 saturated carbocycles. The molecule has 3 aromatic heterocycles. The van der Waals surface area contributed by atoms with Gasteiger partial charge in [-0.15, -0.1) is 11.3 Å². The number of nitrogens with zero attached hydrogens (tertiary/aromatic N) is 5. The molecular weight excluding hydrogens is 976 g/mol. The van der Waals surface area contributed by atoms with Crippen molar-refractivity contribution in [2.75, 3.05) is 41.4 Å². The van der Waals surface area contributed by atoms with Crippen LogP contribution in [0, 0.1) is 0 Å². The van der Waals surface area contributed by atoms with Gasteiger partial charge in [0.25, 0.3) is 5.91 Å². The molecule has 1 fully saturated rings. The number of unbranched alkanes of at least 4 members (excludes halogenated alkanes) is 2. The van der Waals surface area contributed by atoms with Crippen molar-refractivity contribution in [1.29, 1.82) is 0 Å². The Morgan fingerprint density at radius 1 is 0.878 bits per heavy atom. The maximum Gasteiger partial charge on any atom is 0.435 e. The number of fused-ring (bicyclic) bond motifs is 5. The molecule has 6 heterocycles. The van der Waals surface area contributed by atoms with Crippen LogP contribution >= 0.6 is 11.3 Å². The number of alkyl halides is 5. The van der Waals surface area contributed by atoms with Gasteiger partial charge < -0.3 is 25.6 Å². The SMILES string of the molecule is CC1=C\c2ccc(/C=C/c3ccc(OCC(=O)NCCCCCC(=O)NCc4ccc(NC(=O)N5c6nc(-c7cccc(C(F)(F)F)c7)ccc6N6CCC[C@H]5C6)cc4)cc3)n2C(F)(F)/N=C/C(c2cccs2)=C\1. The Kier molecular flexibility index (Phi) is 15.5. The van der Waals surface area contributed by atoms with Crippen molar-refractivity contribution in [3.63, 3.8) is 0 Å². The van der Waals surface area contributed by atoms with Crippen LogP contribution in [0.25, 0.3) is 35.1 Å². The molecule has 3 aliphatic rings. The number of urea groups is 1. The molecular formula is C56H53F5N8O4S. The van der Waals surface area contributed by atoms with Gasteiger partial charge in [0.1, 0.15) is 5.75 Å². The Labute approximate surface area is 429 Å². The minimum Gasteiger partial charge on any atom is -0.484 e. The van der Waals surface area contributed by atoms with Crippen LogP contribution in [0.5, 0.6) is 5.75 Å². The van der Waals surface area contributed by atoms with Crippen molar-refractivity contribution in [2.45, 2.75) is 70.4 Å². The highest BCUT2D eigenvalue weighted by atomic mass is 32.1. The number of carbonyl (C=O) groups is 3. The van der Waals surface area contributed by atoms with Gasteiger partial charge in [-0.2, -0.15) is 22.0 Å². The summed E-state index contributed by atoms with van der Waals surface area (Å²) >= 11 is 1.46. The zero-order valence-corrected chi connectivity index (χ0v) is 41.2. The number of carbonyl (C=O) groups excluding carboxylic acids is 3. The molecule has 74 heavy (non-hydrogen) atoms. The van der Waals surface area contributed by atoms with Crippen LogP contribution in [0.15, 0.2) is 131 Å². The number of pyridine rings is 1. The average Bonchev–Trinajstić information content (AvgIpc) is 4.09. The summed E-state index contributed by atoms with van der Waals surface area (Å²) < 4.78 is 78.2. The van der Waals surface area contributed by atoms with E-state index >= 15 is 8.78 Å². The Balaban J connectivity index is 0.672. The molecule has 0 aliphatic carbocycles. The molecule has 2 bridgehead atoms. The highest BCUT2D eigenvalue weighted by Gasteiger charge is 2.39. The highest BCUT2D eigenvalue weighted by Crippen LogP contribution is 2.41. The van der Waals surface area contributed by atoms with E-state index in [0.717, 1.165) is 69.8 Å².